The number of nitriles is 1. The van der Waals surface area contributed by atoms with Gasteiger partial charge in [0.25, 0.3) is 0 Å². The molecule has 1 aromatic heterocycles. The quantitative estimate of drug-likeness (QED) is 0.862. The van der Waals surface area contributed by atoms with Crippen molar-refractivity contribution in [1.29, 1.82) is 5.26 Å². The predicted molar refractivity (Wildman–Crippen MR) is 74.6 cm³/mol. The van der Waals surface area contributed by atoms with Crippen LogP contribution in [0, 0.1) is 30.6 Å². The summed E-state index contributed by atoms with van der Waals surface area (Å²) in [5.41, 5.74) is 7.03. The average molecular weight is 265 g/mol. The third-order valence-corrected chi connectivity index (χ3v) is 4.07. The number of aryl methyl sites for hydroxylation is 1. The van der Waals surface area contributed by atoms with E-state index in [0.29, 0.717) is 10.6 Å². The van der Waals surface area contributed by atoms with E-state index in [1.807, 2.05) is 34.6 Å². The Bertz CT molecular complexity index is 506. The smallest absolute Gasteiger partial charge is 0.242 e. The molecule has 1 aromatic rings. The van der Waals surface area contributed by atoms with Crippen LogP contribution in [0.2, 0.25) is 0 Å². The molecule has 4 nitrogen and oxygen atoms in total. The summed E-state index contributed by atoms with van der Waals surface area (Å²) in [5.74, 6) is -0.250. The average Bonchev–Trinajstić information content (AvgIpc) is 2.51. The number of hydrogen-bond donors (Lipinski definition) is 2. The van der Waals surface area contributed by atoms with Gasteiger partial charge in [0, 0.05) is 4.88 Å². The molecule has 0 spiro atoms. The van der Waals surface area contributed by atoms with E-state index < -0.39 is 6.04 Å². The molecule has 1 heterocycles. The zero-order valence-corrected chi connectivity index (χ0v) is 12.2. The normalized spacial score (nSPS) is 12.9. The maximum Gasteiger partial charge on any atom is 0.242 e. The molecule has 0 radical (unpaired) electrons. The molecule has 1 rings (SSSR count). The Balaban J connectivity index is 2.97. The standard InChI is InChI=1S/C13H19N3OS/c1-7-8(2)18-12(9(7)6-14)16-11(17)10(15)13(3,4)5/h10H,15H2,1-5H3,(H,16,17)/t10-/m1/s1. The summed E-state index contributed by atoms with van der Waals surface area (Å²) < 4.78 is 0. The number of nitrogens with zero attached hydrogens (tertiary/aromatic N) is 1. The number of rotatable bonds is 2. The van der Waals surface area contributed by atoms with Crippen molar-refractivity contribution >= 4 is 22.2 Å². The minimum atomic E-state index is -0.605. The number of carbonyl (C=O) groups excluding carboxylic acids is 1. The Kier molecular flexibility index (Phi) is 4.15. The zero-order chi connectivity index (χ0) is 14.1. The van der Waals surface area contributed by atoms with Gasteiger partial charge >= 0.3 is 0 Å². The number of anilines is 1. The first-order valence-electron chi connectivity index (χ1n) is 5.75. The largest absolute Gasteiger partial charge is 0.319 e. The lowest BCUT2D eigenvalue weighted by Crippen LogP contribution is -2.45. The minimum absolute atomic E-state index is 0.250. The molecule has 1 amide bonds. The zero-order valence-electron chi connectivity index (χ0n) is 11.4. The summed E-state index contributed by atoms with van der Waals surface area (Å²) in [4.78, 5) is 13.0. The van der Waals surface area contributed by atoms with E-state index in [9.17, 15) is 4.79 Å². The van der Waals surface area contributed by atoms with Crippen LogP contribution < -0.4 is 11.1 Å². The second-order valence-corrected chi connectivity index (χ2v) is 6.66. The van der Waals surface area contributed by atoms with Gasteiger partial charge in [0.15, 0.2) is 0 Å². The highest BCUT2D eigenvalue weighted by Gasteiger charge is 2.28. The van der Waals surface area contributed by atoms with E-state index in [-0.39, 0.29) is 11.3 Å². The number of carbonyl (C=O) groups is 1. The lowest BCUT2D eigenvalue weighted by atomic mass is 9.87. The summed E-state index contributed by atoms with van der Waals surface area (Å²) in [7, 11) is 0. The molecule has 0 aliphatic rings. The van der Waals surface area contributed by atoms with Gasteiger partial charge < -0.3 is 11.1 Å². The SMILES string of the molecule is Cc1sc(NC(=O)[C@@H](N)C(C)(C)C)c(C#N)c1C. The molecule has 0 aliphatic heterocycles. The first-order chi connectivity index (χ1) is 8.18. The summed E-state index contributed by atoms with van der Waals surface area (Å²) >= 11 is 1.41. The van der Waals surface area contributed by atoms with Crippen molar-refractivity contribution in [2.75, 3.05) is 5.32 Å². The van der Waals surface area contributed by atoms with Crippen molar-refractivity contribution in [2.45, 2.75) is 40.7 Å². The van der Waals surface area contributed by atoms with Gasteiger partial charge in [0.2, 0.25) is 5.91 Å². The van der Waals surface area contributed by atoms with Crippen molar-refractivity contribution < 1.29 is 4.79 Å². The van der Waals surface area contributed by atoms with Crippen LogP contribution >= 0.6 is 11.3 Å². The number of hydrogen-bond acceptors (Lipinski definition) is 4. The van der Waals surface area contributed by atoms with Gasteiger partial charge in [-0.15, -0.1) is 11.3 Å². The molecule has 18 heavy (non-hydrogen) atoms. The maximum atomic E-state index is 12.0. The summed E-state index contributed by atoms with van der Waals surface area (Å²) in [6, 6.07) is 1.52. The van der Waals surface area contributed by atoms with E-state index >= 15 is 0 Å². The maximum absolute atomic E-state index is 12.0. The molecule has 5 heteroatoms. The summed E-state index contributed by atoms with van der Waals surface area (Å²) in [6.45, 7) is 9.54. The lowest BCUT2D eigenvalue weighted by molar-refractivity contribution is -0.119. The minimum Gasteiger partial charge on any atom is -0.319 e. The van der Waals surface area contributed by atoms with Gasteiger partial charge in [-0.05, 0) is 24.8 Å². The molecule has 3 N–H and O–H groups in total. The van der Waals surface area contributed by atoms with Crippen LogP contribution in [0.25, 0.3) is 0 Å². The third-order valence-electron chi connectivity index (χ3n) is 2.95. The Morgan fingerprint density at radius 2 is 2.00 bits per heavy atom. The van der Waals surface area contributed by atoms with Gasteiger partial charge in [-0.1, -0.05) is 20.8 Å². The molecule has 0 unspecified atom stereocenters. The van der Waals surface area contributed by atoms with Crippen LogP contribution in [0.5, 0.6) is 0 Å². The van der Waals surface area contributed by atoms with Crippen LogP contribution in [0.1, 0.15) is 36.8 Å². The third kappa shape index (κ3) is 2.89. The molecule has 0 saturated heterocycles. The Morgan fingerprint density at radius 3 is 2.44 bits per heavy atom. The van der Waals surface area contributed by atoms with Crippen molar-refractivity contribution in [3.8, 4) is 6.07 Å². The van der Waals surface area contributed by atoms with Gasteiger partial charge in [-0.2, -0.15) is 5.26 Å². The number of nitrogens with one attached hydrogen (secondary N) is 1. The van der Waals surface area contributed by atoms with Gasteiger partial charge in [0.1, 0.15) is 11.1 Å². The molecular weight excluding hydrogens is 246 g/mol. The Morgan fingerprint density at radius 1 is 1.44 bits per heavy atom. The number of thiophene rings is 1. The highest BCUT2D eigenvalue weighted by atomic mass is 32.1. The number of amides is 1. The van der Waals surface area contributed by atoms with E-state index in [2.05, 4.69) is 11.4 Å². The van der Waals surface area contributed by atoms with Crippen molar-refractivity contribution in [2.24, 2.45) is 11.1 Å². The Labute approximate surface area is 112 Å². The number of nitrogens with two attached hydrogens (primary N) is 1. The lowest BCUT2D eigenvalue weighted by Gasteiger charge is -2.25. The second-order valence-electron chi connectivity index (χ2n) is 5.43. The van der Waals surface area contributed by atoms with Gasteiger partial charge in [0.05, 0.1) is 11.6 Å². The predicted octanol–water partition coefficient (Wildman–Crippen LogP) is 2.55. The fraction of sp³-hybridized carbons (Fsp3) is 0.538. The van der Waals surface area contributed by atoms with E-state index in [4.69, 9.17) is 11.0 Å². The second kappa shape index (κ2) is 5.09. The highest BCUT2D eigenvalue weighted by Crippen LogP contribution is 2.32. The molecule has 0 bridgehead atoms. The van der Waals surface area contributed by atoms with Gasteiger partial charge in [-0.3, -0.25) is 4.79 Å². The topological polar surface area (TPSA) is 78.9 Å². The monoisotopic (exact) mass is 265 g/mol. The summed E-state index contributed by atoms with van der Waals surface area (Å²) in [6.07, 6.45) is 0. The summed E-state index contributed by atoms with van der Waals surface area (Å²) in [5, 5.41) is 12.5. The highest BCUT2D eigenvalue weighted by molar-refractivity contribution is 7.16. The first-order valence-corrected chi connectivity index (χ1v) is 6.56. The van der Waals surface area contributed by atoms with Crippen LogP contribution in [0.15, 0.2) is 0 Å². The van der Waals surface area contributed by atoms with Crippen LogP contribution in [0.4, 0.5) is 5.00 Å². The van der Waals surface area contributed by atoms with E-state index in [1.54, 1.807) is 0 Å². The molecular formula is C13H19N3OS. The first kappa shape index (κ1) is 14.7. The molecule has 98 valence electrons. The van der Waals surface area contributed by atoms with E-state index in [0.717, 1.165) is 10.4 Å². The molecule has 0 aliphatic carbocycles. The molecule has 0 aromatic carbocycles. The molecule has 0 saturated carbocycles. The van der Waals surface area contributed by atoms with Crippen molar-refractivity contribution in [3.05, 3.63) is 16.0 Å². The van der Waals surface area contributed by atoms with Crippen LogP contribution in [0.3, 0.4) is 0 Å². The van der Waals surface area contributed by atoms with Crippen molar-refractivity contribution in [1.82, 2.24) is 0 Å². The molecule has 1 atom stereocenters. The van der Waals surface area contributed by atoms with Crippen LogP contribution in [-0.2, 0) is 4.79 Å². The van der Waals surface area contributed by atoms with Gasteiger partial charge in [-0.25, -0.2) is 0 Å². The van der Waals surface area contributed by atoms with Crippen molar-refractivity contribution in [3.63, 3.8) is 0 Å². The fourth-order valence-electron chi connectivity index (χ4n) is 1.43. The Hall–Kier alpha value is -1.38. The van der Waals surface area contributed by atoms with Crippen LogP contribution in [-0.4, -0.2) is 11.9 Å². The van der Waals surface area contributed by atoms with E-state index in [1.165, 1.54) is 11.3 Å². The molecule has 0 fully saturated rings. The fourth-order valence-corrected chi connectivity index (χ4v) is 2.45.